The lowest BCUT2D eigenvalue weighted by Gasteiger charge is -2.31. The van der Waals surface area contributed by atoms with Crippen LogP contribution in [-0.4, -0.2) is 19.7 Å². The maximum absolute atomic E-state index is 12.3. The van der Waals surface area contributed by atoms with E-state index in [1.807, 2.05) is 18.3 Å². The maximum atomic E-state index is 12.3. The summed E-state index contributed by atoms with van der Waals surface area (Å²) in [6.45, 7) is 2.34. The van der Waals surface area contributed by atoms with E-state index in [9.17, 15) is 4.79 Å². The van der Waals surface area contributed by atoms with Gasteiger partial charge in [0.2, 0.25) is 0 Å². The summed E-state index contributed by atoms with van der Waals surface area (Å²) < 4.78 is 7.90. The van der Waals surface area contributed by atoms with Gasteiger partial charge in [0.1, 0.15) is 5.58 Å². The lowest BCUT2D eigenvalue weighted by molar-refractivity contribution is 0.247. The van der Waals surface area contributed by atoms with Crippen molar-refractivity contribution in [2.45, 2.75) is 68.8 Å². The maximum Gasteiger partial charge on any atom is 0.336 e. The van der Waals surface area contributed by atoms with Crippen LogP contribution < -0.4 is 5.63 Å². The van der Waals surface area contributed by atoms with E-state index < -0.39 is 0 Å². The van der Waals surface area contributed by atoms with E-state index in [2.05, 4.69) is 38.8 Å². The van der Waals surface area contributed by atoms with Gasteiger partial charge in [-0.25, -0.2) is 4.79 Å². The third-order valence-corrected chi connectivity index (χ3v) is 8.37. The monoisotopic (exact) mass is 472 g/mol. The molecule has 1 fully saturated rings. The Bertz CT molecular complexity index is 1400. The van der Waals surface area contributed by atoms with E-state index in [1.165, 1.54) is 36.8 Å². The third-order valence-electron chi connectivity index (χ3n) is 7.38. The van der Waals surface area contributed by atoms with Gasteiger partial charge < -0.3 is 4.42 Å². The van der Waals surface area contributed by atoms with Gasteiger partial charge in [0.15, 0.2) is 11.0 Å². The Kier molecular flexibility index (Phi) is 5.73. The van der Waals surface area contributed by atoms with E-state index in [4.69, 9.17) is 4.42 Å². The van der Waals surface area contributed by atoms with Crippen LogP contribution in [0.3, 0.4) is 0 Å². The van der Waals surface area contributed by atoms with Gasteiger partial charge in [-0.3, -0.25) is 9.55 Å². The number of thioether (sulfide) groups is 1. The number of pyridine rings is 1. The van der Waals surface area contributed by atoms with Crippen molar-refractivity contribution in [2.24, 2.45) is 5.92 Å². The minimum atomic E-state index is -0.292. The van der Waals surface area contributed by atoms with Gasteiger partial charge in [-0.15, -0.1) is 10.2 Å². The molecule has 2 aliphatic carbocycles. The molecule has 2 aliphatic rings. The first kappa shape index (κ1) is 21.6. The summed E-state index contributed by atoms with van der Waals surface area (Å²) >= 11 is 1.66. The van der Waals surface area contributed by atoms with Crippen LogP contribution in [0, 0.1) is 5.92 Å². The number of nitrogens with zero attached hydrogens (tertiary/aromatic N) is 4. The van der Waals surface area contributed by atoms with E-state index in [-0.39, 0.29) is 5.63 Å². The molecular formula is C27H28N4O2S. The van der Waals surface area contributed by atoms with Gasteiger partial charge in [0.05, 0.1) is 0 Å². The predicted molar refractivity (Wildman–Crippen MR) is 134 cm³/mol. The van der Waals surface area contributed by atoms with Crippen molar-refractivity contribution in [1.82, 2.24) is 19.7 Å². The molecule has 2 atom stereocenters. The topological polar surface area (TPSA) is 73.8 Å². The Balaban J connectivity index is 1.38. The zero-order chi connectivity index (χ0) is 23.1. The summed E-state index contributed by atoms with van der Waals surface area (Å²) in [5, 5.41) is 11.2. The molecule has 0 aliphatic heterocycles. The van der Waals surface area contributed by atoms with Crippen LogP contribution in [0.1, 0.15) is 61.8 Å². The van der Waals surface area contributed by atoms with Crippen LogP contribution in [0.4, 0.5) is 0 Å². The van der Waals surface area contributed by atoms with Crippen LogP contribution >= 0.6 is 11.8 Å². The molecule has 3 aromatic heterocycles. The lowest BCUT2D eigenvalue weighted by Crippen LogP contribution is -2.22. The Morgan fingerprint density at radius 2 is 1.94 bits per heavy atom. The molecule has 4 aromatic rings. The van der Waals surface area contributed by atoms with Gasteiger partial charge >= 0.3 is 5.63 Å². The van der Waals surface area contributed by atoms with E-state index in [0.717, 1.165) is 46.8 Å². The van der Waals surface area contributed by atoms with E-state index in [0.29, 0.717) is 23.3 Å². The van der Waals surface area contributed by atoms with Crippen LogP contribution in [0.2, 0.25) is 0 Å². The van der Waals surface area contributed by atoms with Gasteiger partial charge in [-0.2, -0.15) is 0 Å². The highest BCUT2D eigenvalue weighted by Crippen LogP contribution is 2.40. The van der Waals surface area contributed by atoms with E-state index in [1.54, 1.807) is 24.0 Å². The van der Waals surface area contributed by atoms with Crippen molar-refractivity contribution in [1.29, 1.82) is 0 Å². The minimum Gasteiger partial charge on any atom is -0.423 e. The fourth-order valence-corrected chi connectivity index (χ4v) is 6.59. The molecule has 1 aromatic carbocycles. The Morgan fingerprint density at radius 1 is 1.09 bits per heavy atom. The van der Waals surface area contributed by atoms with Crippen molar-refractivity contribution in [3.8, 4) is 11.4 Å². The fraction of sp³-hybridized carbons (Fsp3) is 0.407. The van der Waals surface area contributed by atoms with Crippen molar-refractivity contribution in [2.75, 3.05) is 0 Å². The molecule has 6 nitrogen and oxygen atoms in total. The minimum absolute atomic E-state index is 0.292. The lowest BCUT2D eigenvalue weighted by atomic mass is 9.85. The Hall–Kier alpha value is -2.93. The summed E-state index contributed by atoms with van der Waals surface area (Å²) in [4.78, 5) is 16.7. The van der Waals surface area contributed by atoms with Crippen LogP contribution in [0.25, 0.3) is 22.4 Å². The fourth-order valence-electron chi connectivity index (χ4n) is 5.60. The number of aromatic nitrogens is 4. The summed E-state index contributed by atoms with van der Waals surface area (Å²) in [7, 11) is 0. The highest BCUT2D eigenvalue weighted by Gasteiger charge is 2.29. The van der Waals surface area contributed by atoms with Crippen LogP contribution in [-0.2, 0) is 18.6 Å². The largest absolute Gasteiger partial charge is 0.423 e. The predicted octanol–water partition coefficient (Wildman–Crippen LogP) is 5.98. The normalized spacial score (nSPS) is 20.0. The molecular weight excluding hydrogens is 444 g/mol. The summed E-state index contributed by atoms with van der Waals surface area (Å²) in [6.07, 6.45) is 11.8. The molecule has 0 saturated heterocycles. The van der Waals surface area contributed by atoms with Gasteiger partial charge in [-0.05, 0) is 79.0 Å². The van der Waals surface area contributed by atoms with Crippen molar-refractivity contribution in [3.05, 3.63) is 69.8 Å². The first-order valence-electron chi connectivity index (χ1n) is 12.2. The quantitative estimate of drug-likeness (QED) is 0.263. The number of hydrogen-bond donors (Lipinski definition) is 0. The summed E-state index contributed by atoms with van der Waals surface area (Å²) in [5.74, 6) is 2.09. The van der Waals surface area contributed by atoms with Gasteiger partial charge in [0.25, 0.3) is 0 Å². The molecule has 2 unspecified atom stereocenters. The summed E-state index contributed by atoms with van der Waals surface area (Å²) in [6, 6.07) is 10.3. The van der Waals surface area contributed by atoms with Crippen molar-refractivity contribution in [3.63, 3.8) is 0 Å². The second kappa shape index (κ2) is 9.02. The molecule has 0 amide bonds. The van der Waals surface area contributed by atoms with Crippen LogP contribution in [0.5, 0.6) is 0 Å². The Morgan fingerprint density at radius 3 is 2.76 bits per heavy atom. The molecule has 7 heteroatoms. The SMILES string of the molecule is CC1CCCCC1n1c(SCc2cc(=O)oc3cc4c(cc23)CCC4)nnc1-c1cccnc1. The molecule has 0 bridgehead atoms. The van der Waals surface area contributed by atoms with Gasteiger partial charge in [-0.1, -0.05) is 31.5 Å². The molecule has 6 rings (SSSR count). The molecule has 0 radical (unpaired) electrons. The first-order chi connectivity index (χ1) is 16.7. The zero-order valence-electron chi connectivity index (χ0n) is 19.4. The smallest absolute Gasteiger partial charge is 0.336 e. The van der Waals surface area contributed by atoms with E-state index >= 15 is 0 Å². The second-order valence-electron chi connectivity index (χ2n) is 9.60. The summed E-state index contributed by atoms with van der Waals surface area (Å²) in [5.41, 5.74) is 5.08. The molecule has 34 heavy (non-hydrogen) atoms. The Labute approximate surface area is 202 Å². The highest BCUT2D eigenvalue weighted by molar-refractivity contribution is 7.98. The first-order valence-corrected chi connectivity index (χ1v) is 13.2. The zero-order valence-corrected chi connectivity index (χ0v) is 20.2. The molecule has 0 spiro atoms. The molecule has 174 valence electrons. The van der Waals surface area contributed by atoms with Crippen LogP contribution in [0.15, 0.2) is 57.1 Å². The number of benzene rings is 1. The van der Waals surface area contributed by atoms with Crippen molar-refractivity contribution < 1.29 is 4.42 Å². The number of hydrogen-bond acceptors (Lipinski definition) is 6. The second-order valence-corrected chi connectivity index (χ2v) is 10.5. The number of fused-ring (bicyclic) bond motifs is 2. The molecule has 3 heterocycles. The average molecular weight is 473 g/mol. The third kappa shape index (κ3) is 3.96. The molecule has 0 N–H and O–H groups in total. The molecule has 1 saturated carbocycles. The average Bonchev–Trinajstić information content (AvgIpc) is 3.48. The number of rotatable bonds is 5. The number of aryl methyl sites for hydroxylation is 2. The van der Waals surface area contributed by atoms with Gasteiger partial charge in [0, 0.05) is 41.2 Å². The standard InChI is InChI=1S/C27H28N4O2S/c1-17-6-2-3-10-23(17)31-26(20-9-5-11-28-15-20)29-30-27(31)34-16-21-14-25(32)33-24-13-19-8-4-7-18(19)12-22(21)24/h5,9,11-15,17,23H,2-4,6-8,10,16H2,1H3. The van der Waals surface area contributed by atoms with Crippen molar-refractivity contribution >= 4 is 22.7 Å². The highest BCUT2D eigenvalue weighted by atomic mass is 32.2.